The second kappa shape index (κ2) is 6.00. The van der Waals surface area contributed by atoms with Crippen LogP contribution in [-0.2, 0) is 6.54 Å². The lowest BCUT2D eigenvalue weighted by molar-refractivity contribution is 0.0321. The number of aliphatic hydroxyl groups excluding tert-OH is 1. The quantitative estimate of drug-likeness (QED) is 0.909. The van der Waals surface area contributed by atoms with Gasteiger partial charge in [-0.1, -0.05) is 25.1 Å². The molecule has 1 aromatic carbocycles. The van der Waals surface area contributed by atoms with Crippen molar-refractivity contribution in [3.05, 3.63) is 35.9 Å². The molecule has 21 heavy (non-hydrogen) atoms. The lowest BCUT2D eigenvalue weighted by Crippen LogP contribution is -2.41. The van der Waals surface area contributed by atoms with Gasteiger partial charge in [-0.25, -0.2) is 4.98 Å². The first-order valence-corrected chi connectivity index (χ1v) is 7.64. The summed E-state index contributed by atoms with van der Waals surface area (Å²) in [6, 6.07) is 10.4. The summed E-state index contributed by atoms with van der Waals surface area (Å²) in [6.07, 6.45) is 0.705. The highest BCUT2D eigenvalue weighted by Crippen LogP contribution is 2.24. The molecular weight excluding hydrogens is 262 g/mol. The molecule has 1 fully saturated rings. The Balaban J connectivity index is 1.85. The second-order valence-corrected chi connectivity index (χ2v) is 6.01. The topological polar surface area (TPSA) is 48.4 Å². The number of fused-ring (bicyclic) bond motifs is 1. The Labute approximate surface area is 125 Å². The Morgan fingerprint density at radius 1 is 1.38 bits per heavy atom. The highest BCUT2D eigenvalue weighted by molar-refractivity contribution is 5.81. The molecule has 2 unspecified atom stereocenters. The molecule has 112 valence electrons. The van der Waals surface area contributed by atoms with Gasteiger partial charge in [0.05, 0.1) is 11.6 Å². The van der Waals surface area contributed by atoms with Gasteiger partial charge >= 0.3 is 0 Å². The number of benzene rings is 1. The van der Waals surface area contributed by atoms with E-state index < -0.39 is 0 Å². The SMILES string of the molecule is CNc1nc2ccccc2cc1CN1CCC(O)C(C)C1. The summed E-state index contributed by atoms with van der Waals surface area (Å²) < 4.78 is 0. The van der Waals surface area contributed by atoms with Gasteiger partial charge in [0.25, 0.3) is 0 Å². The molecule has 2 heterocycles. The Morgan fingerprint density at radius 3 is 2.95 bits per heavy atom. The first-order chi connectivity index (χ1) is 10.2. The number of aromatic nitrogens is 1. The van der Waals surface area contributed by atoms with Gasteiger partial charge in [-0.2, -0.15) is 0 Å². The summed E-state index contributed by atoms with van der Waals surface area (Å²) in [4.78, 5) is 7.11. The molecule has 0 radical (unpaired) electrons. The number of anilines is 1. The van der Waals surface area contributed by atoms with Gasteiger partial charge in [0.2, 0.25) is 0 Å². The Hall–Kier alpha value is -1.65. The molecule has 1 aromatic heterocycles. The molecule has 0 amide bonds. The van der Waals surface area contributed by atoms with Gasteiger partial charge in [-0.05, 0) is 24.5 Å². The minimum Gasteiger partial charge on any atom is -0.393 e. The van der Waals surface area contributed by atoms with Crippen LogP contribution in [0.1, 0.15) is 18.9 Å². The fourth-order valence-corrected chi connectivity index (χ4v) is 3.10. The molecule has 2 N–H and O–H groups in total. The van der Waals surface area contributed by atoms with Crippen molar-refractivity contribution >= 4 is 16.7 Å². The third-order valence-electron chi connectivity index (χ3n) is 4.38. The number of likely N-dealkylation sites (tertiary alicyclic amines) is 1. The lowest BCUT2D eigenvalue weighted by Gasteiger charge is -2.34. The summed E-state index contributed by atoms with van der Waals surface area (Å²) in [6.45, 7) is 4.89. The average Bonchev–Trinajstić information content (AvgIpc) is 2.50. The van der Waals surface area contributed by atoms with E-state index in [9.17, 15) is 5.11 Å². The maximum Gasteiger partial charge on any atom is 0.130 e. The van der Waals surface area contributed by atoms with Gasteiger partial charge < -0.3 is 10.4 Å². The summed E-state index contributed by atoms with van der Waals surface area (Å²) >= 11 is 0. The van der Waals surface area contributed by atoms with E-state index in [0.717, 1.165) is 37.4 Å². The van der Waals surface area contributed by atoms with Crippen molar-refractivity contribution in [1.82, 2.24) is 9.88 Å². The molecule has 1 saturated heterocycles. The Bertz CT molecular complexity index is 628. The third-order valence-corrected chi connectivity index (χ3v) is 4.38. The number of nitrogens with one attached hydrogen (secondary N) is 1. The molecule has 0 spiro atoms. The minimum absolute atomic E-state index is 0.153. The molecule has 2 atom stereocenters. The van der Waals surface area contributed by atoms with Crippen molar-refractivity contribution < 1.29 is 5.11 Å². The van der Waals surface area contributed by atoms with Crippen LogP contribution < -0.4 is 5.32 Å². The van der Waals surface area contributed by atoms with Crippen LogP contribution in [0.5, 0.6) is 0 Å². The van der Waals surface area contributed by atoms with E-state index in [0.29, 0.717) is 5.92 Å². The van der Waals surface area contributed by atoms with E-state index in [2.05, 4.69) is 29.3 Å². The van der Waals surface area contributed by atoms with Crippen molar-refractivity contribution in [2.45, 2.75) is 26.0 Å². The fourth-order valence-electron chi connectivity index (χ4n) is 3.10. The summed E-state index contributed by atoms with van der Waals surface area (Å²) in [5.74, 6) is 1.29. The summed E-state index contributed by atoms with van der Waals surface area (Å²) in [5.41, 5.74) is 2.24. The minimum atomic E-state index is -0.153. The first-order valence-electron chi connectivity index (χ1n) is 7.64. The molecule has 2 aromatic rings. The van der Waals surface area contributed by atoms with Gasteiger partial charge in [0.1, 0.15) is 5.82 Å². The zero-order chi connectivity index (χ0) is 14.8. The molecule has 0 aliphatic carbocycles. The van der Waals surface area contributed by atoms with E-state index in [1.165, 1.54) is 10.9 Å². The van der Waals surface area contributed by atoms with Crippen molar-refractivity contribution in [2.75, 3.05) is 25.5 Å². The summed E-state index contributed by atoms with van der Waals surface area (Å²) in [5, 5.41) is 14.2. The highest BCUT2D eigenvalue weighted by Gasteiger charge is 2.24. The van der Waals surface area contributed by atoms with Crippen LogP contribution in [0.15, 0.2) is 30.3 Å². The molecule has 4 heteroatoms. The van der Waals surface area contributed by atoms with Crippen LogP contribution in [0, 0.1) is 5.92 Å². The van der Waals surface area contributed by atoms with Crippen molar-refractivity contribution in [3.8, 4) is 0 Å². The van der Waals surface area contributed by atoms with E-state index in [1.54, 1.807) is 0 Å². The normalized spacial score (nSPS) is 23.4. The van der Waals surface area contributed by atoms with E-state index in [4.69, 9.17) is 4.98 Å². The fraction of sp³-hybridized carbons (Fsp3) is 0.471. The van der Waals surface area contributed by atoms with Crippen molar-refractivity contribution in [3.63, 3.8) is 0 Å². The second-order valence-electron chi connectivity index (χ2n) is 6.01. The van der Waals surface area contributed by atoms with E-state index in [-0.39, 0.29) is 6.10 Å². The molecular formula is C17H23N3O. The number of hydrogen-bond acceptors (Lipinski definition) is 4. The number of hydrogen-bond donors (Lipinski definition) is 2. The zero-order valence-electron chi connectivity index (χ0n) is 12.7. The lowest BCUT2D eigenvalue weighted by atomic mass is 9.96. The van der Waals surface area contributed by atoms with Crippen LogP contribution in [0.3, 0.4) is 0 Å². The smallest absolute Gasteiger partial charge is 0.130 e. The summed E-state index contributed by atoms with van der Waals surface area (Å²) in [7, 11) is 1.92. The predicted molar refractivity (Wildman–Crippen MR) is 86.4 cm³/mol. The maximum atomic E-state index is 9.85. The first kappa shape index (κ1) is 14.3. The standard InChI is InChI=1S/C17H23N3O/c1-12-10-20(8-7-16(12)21)11-14-9-13-5-3-4-6-15(13)19-17(14)18-2/h3-6,9,12,16,21H,7-8,10-11H2,1-2H3,(H,18,19). The van der Waals surface area contributed by atoms with Crippen molar-refractivity contribution in [2.24, 2.45) is 5.92 Å². The average molecular weight is 285 g/mol. The predicted octanol–water partition coefficient (Wildman–Crippen LogP) is 2.48. The number of pyridine rings is 1. The molecule has 0 bridgehead atoms. The van der Waals surface area contributed by atoms with Crippen LogP contribution in [-0.4, -0.2) is 41.2 Å². The molecule has 1 aliphatic rings. The van der Waals surface area contributed by atoms with Gasteiger partial charge in [-0.3, -0.25) is 4.90 Å². The third kappa shape index (κ3) is 3.01. The highest BCUT2D eigenvalue weighted by atomic mass is 16.3. The largest absolute Gasteiger partial charge is 0.393 e. The van der Waals surface area contributed by atoms with Crippen LogP contribution in [0.25, 0.3) is 10.9 Å². The Kier molecular flexibility index (Phi) is 4.08. The zero-order valence-corrected chi connectivity index (χ0v) is 12.7. The van der Waals surface area contributed by atoms with Crippen LogP contribution in [0.2, 0.25) is 0 Å². The number of aliphatic hydroxyl groups is 1. The maximum absolute atomic E-state index is 9.85. The molecule has 3 rings (SSSR count). The van der Waals surface area contributed by atoms with Gasteiger partial charge in [0.15, 0.2) is 0 Å². The van der Waals surface area contributed by atoms with Crippen LogP contribution >= 0.6 is 0 Å². The molecule has 1 aliphatic heterocycles. The van der Waals surface area contributed by atoms with Crippen molar-refractivity contribution in [1.29, 1.82) is 0 Å². The van der Waals surface area contributed by atoms with E-state index in [1.807, 2.05) is 25.2 Å². The Morgan fingerprint density at radius 2 is 2.19 bits per heavy atom. The van der Waals surface area contributed by atoms with Crippen LogP contribution in [0.4, 0.5) is 5.82 Å². The molecule has 4 nitrogen and oxygen atoms in total. The monoisotopic (exact) mass is 285 g/mol. The molecule has 0 saturated carbocycles. The van der Waals surface area contributed by atoms with Gasteiger partial charge in [0, 0.05) is 37.6 Å². The van der Waals surface area contributed by atoms with Gasteiger partial charge in [-0.15, -0.1) is 0 Å². The number of rotatable bonds is 3. The number of para-hydroxylation sites is 1. The number of piperidine rings is 1. The van der Waals surface area contributed by atoms with E-state index >= 15 is 0 Å². The number of nitrogens with zero attached hydrogens (tertiary/aromatic N) is 2.